The number of ketones is 1. The van der Waals surface area contributed by atoms with E-state index in [1.165, 1.54) is 0 Å². The zero-order chi connectivity index (χ0) is 11.4. The summed E-state index contributed by atoms with van der Waals surface area (Å²) in [6.45, 7) is 0. The van der Waals surface area contributed by atoms with E-state index >= 15 is 0 Å². The maximum Gasteiger partial charge on any atom is 0.133 e. The van der Waals surface area contributed by atoms with Gasteiger partial charge in [-0.1, -0.05) is 18.2 Å². The first-order valence-corrected chi connectivity index (χ1v) is 6.30. The molecule has 1 aromatic rings. The number of nitriles is 1. The fraction of sp³-hybridized carbons (Fsp3) is 0.385. The van der Waals surface area contributed by atoms with Crippen LogP contribution in [0.2, 0.25) is 0 Å². The van der Waals surface area contributed by atoms with Gasteiger partial charge in [0, 0.05) is 17.7 Å². The van der Waals surface area contributed by atoms with Gasteiger partial charge in [-0.3, -0.25) is 4.79 Å². The summed E-state index contributed by atoms with van der Waals surface area (Å²) in [5.41, 5.74) is 0. The minimum atomic E-state index is -0.0890. The minimum absolute atomic E-state index is 0.0890. The average molecular weight is 231 g/mol. The van der Waals surface area contributed by atoms with Crippen molar-refractivity contribution in [2.24, 2.45) is 5.92 Å². The summed E-state index contributed by atoms with van der Waals surface area (Å²) < 4.78 is 0. The largest absolute Gasteiger partial charge is 0.300 e. The normalized spacial score (nSPS) is 21.7. The van der Waals surface area contributed by atoms with E-state index in [0.717, 1.165) is 11.3 Å². The van der Waals surface area contributed by atoms with E-state index in [4.69, 9.17) is 5.26 Å². The molecule has 0 amide bonds. The molecule has 1 saturated carbocycles. The zero-order valence-corrected chi connectivity index (χ0v) is 9.74. The highest BCUT2D eigenvalue weighted by Crippen LogP contribution is 2.35. The van der Waals surface area contributed by atoms with Crippen LogP contribution < -0.4 is 0 Å². The highest BCUT2D eigenvalue weighted by molar-refractivity contribution is 8.00. The predicted molar refractivity (Wildman–Crippen MR) is 64.0 cm³/mol. The molecule has 2 nitrogen and oxygen atoms in total. The number of Topliss-reactive ketones (excluding diaryl/α,β-unsaturated/α-hetero) is 1. The number of hydrogen-bond donors (Lipinski definition) is 0. The molecule has 0 saturated heterocycles. The second-order valence-electron chi connectivity index (χ2n) is 4.02. The number of rotatable bonds is 3. The highest BCUT2D eigenvalue weighted by Gasteiger charge is 2.30. The molecule has 1 aromatic carbocycles. The van der Waals surface area contributed by atoms with Crippen LogP contribution in [0.15, 0.2) is 35.2 Å². The van der Waals surface area contributed by atoms with Crippen molar-refractivity contribution < 1.29 is 4.79 Å². The van der Waals surface area contributed by atoms with Crippen molar-refractivity contribution in [3.05, 3.63) is 30.3 Å². The van der Waals surface area contributed by atoms with Gasteiger partial charge in [-0.25, -0.2) is 0 Å². The summed E-state index contributed by atoms with van der Waals surface area (Å²) in [5, 5.41) is 9.06. The first-order chi connectivity index (χ1) is 7.79. The van der Waals surface area contributed by atoms with Crippen LogP contribution in [0.25, 0.3) is 0 Å². The molecule has 0 bridgehead atoms. The van der Waals surface area contributed by atoms with Crippen molar-refractivity contribution in [3.8, 4) is 6.07 Å². The Hall–Kier alpha value is -1.27. The fourth-order valence-corrected chi connectivity index (χ4v) is 3.06. The Labute approximate surface area is 99.7 Å². The lowest BCUT2D eigenvalue weighted by molar-refractivity contribution is -0.117. The van der Waals surface area contributed by atoms with Crippen molar-refractivity contribution in [3.63, 3.8) is 0 Å². The second kappa shape index (κ2) is 5.18. The average Bonchev–Trinajstić information content (AvgIpc) is 2.74. The van der Waals surface area contributed by atoms with E-state index in [2.05, 4.69) is 6.07 Å². The maximum atomic E-state index is 11.2. The third-order valence-corrected chi connectivity index (χ3v) is 4.13. The van der Waals surface area contributed by atoms with Crippen molar-refractivity contribution in [2.75, 3.05) is 0 Å². The third-order valence-electron chi connectivity index (χ3n) is 2.85. The standard InChI is InChI=1S/C13H13NOS/c14-9-13(10-6-7-11(15)8-10)16-12-4-2-1-3-5-12/h1-5,10,13H,6-8H2. The lowest BCUT2D eigenvalue weighted by Gasteiger charge is -2.14. The molecule has 1 aliphatic rings. The quantitative estimate of drug-likeness (QED) is 0.751. The summed E-state index contributed by atoms with van der Waals surface area (Å²) >= 11 is 1.57. The van der Waals surface area contributed by atoms with Crippen molar-refractivity contribution in [2.45, 2.75) is 29.4 Å². The second-order valence-corrected chi connectivity index (χ2v) is 5.24. The summed E-state index contributed by atoms with van der Waals surface area (Å²) in [6, 6.07) is 12.2. The number of carbonyl (C=O) groups is 1. The number of benzene rings is 1. The molecule has 2 atom stereocenters. The van der Waals surface area contributed by atoms with Crippen LogP contribution in [0.4, 0.5) is 0 Å². The van der Waals surface area contributed by atoms with E-state index < -0.39 is 0 Å². The number of nitrogens with zero attached hydrogens (tertiary/aromatic N) is 1. The van der Waals surface area contributed by atoms with E-state index in [9.17, 15) is 4.79 Å². The van der Waals surface area contributed by atoms with E-state index in [0.29, 0.717) is 18.6 Å². The molecule has 0 heterocycles. The molecule has 0 aromatic heterocycles. The Bertz CT molecular complexity index is 410. The molecule has 0 radical (unpaired) electrons. The van der Waals surface area contributed by atoms with Gasteiger partial charge in [-0.05, 0) is 24.5 Å². The molecule has 0 aliphatic heterocycles. The molecule has 0 N–H and O–H groups in total. The molecule has 16 heavy (non-hydrogen) atoms. The number of carbonyl (C=O) groups excluding carboxylic acids is 1. The fourth-order valence-electron chi connectivity index (χ4n) is 1.98. The van der Waals surface area contributed by atoms with Crippen molar-refractivity contribution >= 4 is 17.5 Å². The Kier molecular flexibility index (Phi) is 3.63. The van der Waals surface area contributed by atoms with Gasteiger partial charge in [0.2, 0.25) is 0 Å². The monoisotopic (exact) mass is 231 g/mol. The van der Waals surface area contributed by atoms with E-state index in [1.807, 2.05) is 30.3 Å². The molecule has 1 aliphatic carbocycles. The Balaban J connectivity index is 2.02. The van der Waals surface area contributed by atoms with E-state index in [-0.39, 0.29) is 11.2 Å². The first kappa shape index (κ1) is 11.2. The Morgan fingerprint density at radius 2 is 2.12 bits per heavy atom. The van der Waals surface area contributed by atoms with Gasteiger partial charge in [0.05, 0.1) is 11.3 Å². The Morgan fingerprint density at radius 3 is 2.69 bits per heavy atom. The zero-order valence-electron chi connectivity index (χ0n) is 8.93. The highest BCUT2D eigenvalue weighted by atomic mass is 32.2. The van der Waals surface area contributed by atoms with Crippen LogP contribution in [-0.4, -0.2) is 11.0 Å². The maximum absolute atomic E-state index is 11.2. The molecule has 2 unspecified atom stereocenters. The summed E-state index contributed by atoms with van der Waals surface area (Å²) in [5.74, 6) is 0.543. The minimum Gasteiger partial charge on any atom is -0.300 e. The van der Waals surface area contributed by atoms with Gasteiger partial charge >= 0.3 is 0 Å². The van der Waals surface area contributed by atoms with Crippen molar-refractivity contribution in [1.29, 1.82) is 5.26 Å². The summed E-state index contributed by atoms with van der Waals surface area (Å²) in [7, 11) is 0. The van der Waals surface area contributed by atoms with Crippen LogP contribution in [0.1, 0.15) is 19.3 Å². The van der Waals surface area contributed by atoms with Crippen LogP contribution >= 0.6 is 11.8 Å². The number of thioether (sulfide) groups is 1. The summed E-state index contributed by atoms with van der Waals surface area (Å²) in [6.07, 6.45) is 2.10. The van der Waals surface area contributed by atoms with Crippen LogP contribution in [0.3, 0.4) is 0 Å². The summed E-state index contributed by atoms with van der Waals surface area (Å²) in [4.78, 5) is 12.3. The molecule has 1 fully saturated rings. The lowest BCUT2D eigenvalue weighted by atomic mass is 10.1. The van der Waals surface area contributed by atoms with Gasteiger partial charge in [0.15, 0.2) is 0 Å². The Morgan fingerprint density at radius 1 is 1.38 bits per heavy atom. The van der Waals surface area contributed by atoms with Crippen LogP contribution in [0, 0.1) is 17.2 Å². The van der Waals surface area contributed by atoms with Crippen molar-refractivity contribution in [1.82, 2.24) is 0 Å². The van der Waals surface area contributed by atoms with Gasteiger partial charge < -0.3 is 0 Å². The number of hydrogen-bond acceptors (Lipinski definition) is 3. The van der Waals surface area contributed by atoms with Gasteiger partial charge in [-0.15, -0.1) is 11.8 Å². The van der Waals surface area contributed by atoms with Gasteiger partial charge in [-0.2, -0.15) is 5.26 Å². The first-order valence-electron chi connectivity index (χ1n) is 5.42. The van der Waals surface area contributed by atoms with E-state index in [1.54, 1.807) is 11.8 Å². The molecule has 2 rings (SSSR count). The van der Waals surface area contributed by atoms with Crippen LogP contribution in [-0.2, 0) is 4.79 Å². The van der Waals surface area contributed by atoms with Crippen LogP contribution in [0.5, 0.6) is 0 Å². The molecule has 3 heteroatoms. The molecular formula is C13H13NOS. The smallest absolute Gasteiger partial charge is 0.133 e. The third kappa shape index (κ3) is 2.65. The molecular weight excluding hydrogens is 218 g/mol. The topological polar surface area (TPSA) is 40.9 Å². The van der Waals surface area contributed by atoms with Gasteiger partial charge in [0.25, 0.3) is 0 Å². The van der Waals surface area contributed by atoms with Gasteiger partial charge in [0.1, 0.15) is 5.78 Å². The molecule has 82 valence electrons. The lowest BCUT2D eigenvalue weighted by Crippen LogP contribution is -2.12. The predicted octanol–water partition coefficient (Wildman–Crippen LogP) is 3.04. The molecule has 0 spiro atoms. The SMILES string of the molecule is N#CC(Sc1ccccc1)C1CCC(=O)C1.